The first-order valence-corrected chi connectivity index (χ1v) is 10.8. The summed E-state index contributed by atoms with van der Waals surface area (Å²) < 4.78 is 5.89. The molecule has 4 aromatic rings. The van der Waals surface area contributed by atoms with Crippen LogP contribution in [0.5, 0.6) is 0 Å². The minimum Gasteiger partial charge on any atom is -0.424 e. The number of hydrogen-bond donors (Lipinski definition) is 1. The number of aldehydes is 1. The zero-order valence-electron chi connectivity index (χ0n) is 18.0. The maximum atomic E-state index is 11.9. The number of oxazole rings is 1. The standard InChI is InChI=1S/C24H24N6O2/c1-15-13-20(22(19(14-31)27-15)23-25-10-6-11-26-23)30-12-5-8-17(16(30)2)28-24-29-18-7-3-4-9-21(18)32-24/h3-4,6-7,9-11,13-14,16-17H,5,8,12H2,1-2H3,(H,28,29)/t16-,17+/m0/s1. The molecule has 1 N–H and O–H groups in total. The molecular weight excluding hydrogens is 404 g/mol. The van der Waals surface area contributed by atoms with Gasteiger partial charge in [0.05, 0.1) is 17.3 Å². The molecule has 0 amide bonds. The van der Waals surface area contributed by atoms with Gasteiger partial charge in [-0.1, -0.05) is 12.1 Å². The number of carbonyl (C=O) groups is 1. The molecule has 0 spiro atoms. The van der Waals surface area contributed by atoms with Crippen LogP contribution in [0.3, 0.4) is 0 Å². The average Bonchev–Trinajstić information content (AvgIpc) is 3.23. The molecule has 3 aromatic heterocycles. The van der Waals surface area contributed by atoms with E-state index in [1.807, 2.05) is 37.3 Å². The topological polar surface area (TPSA) is 97.0 Å². The van der Waals surface area contributed by atoms with E-state index < -0.39 is 0 Å². The van der Waals surface area contributed by atoms with Crippen LogP contribution in [0, 0.1) is 6.92 Å². The molecule has 8 heteroatoms. The summed E-state index contributed by atoms with van der Waals surface area (Å²) in [6.07, 6.45) is 6.10. The third kappa shape index (κ3) is 3.68. The Morgan fingerprint density at radius 2 is 1.97 bits per heavy atom. The Morgan fingerprint density at radius 3 is 2.75 bits per heavy atom. The van der Waals surface area contributed by atoms with Crippen molar-refractivity contribution in [2.24, 2.45) is 0 Å². The van der Waals surface area contributed by atoms with E-state index in [1.165, 1.54) is 0 Å². The van der Waals surface area contributed by atoms with Crippen molar-refractivity contribution in [2.75, 3.05) is 16.8 Å². The summed E-state index contributed by atoms with van der Waals surface area (Å²) in [6, 6.07) is 12.3. The van der Waals surface area contributed by atoms with Crippen LogP contribution in [0.25, 0.3) is 22.5 Å². The van der Waals surface area contributed by atoms with Gasteiger partial charge in [-0.25, -0.2) is 15.0 Å². The van der Waals surface area contributed by atoms with Crippen LogP contribution in [0.4, 0.5) is 11.7 Å². The second-order valence-electron chi connectivity index (χ2n) is 8.05. The summed E-state index contributed by atoms with van der Waals surface area (Å²) in [5, 5.41) is 3.49. The predicted octanol–water partition coefficient (Wildman–Crippen LogP) is 4.27. The second-order valence-corrected chi connectivity index (χ2v) is 8.05. The van der Waals surface area contributed by atoms with Crippen molar-refractivity contribution in [3.63, 3.8) is 0 Å². The van der Waals surface area contributed by atoms with Crippen LogP contribution in [0.1, 0.15) is 35.9 Å². The lowest BCUT2D eigenvalue weighted by atomic mass is 9.95. The largest absolute Gasteiger partial charge is 0.424 e. The van der Waals surface area contributed by atoms with E-state index in [0.29, 0.717) is 23.1 Å². The van der Waals surface area contributed by atoms with Gasteiger partial charge in [0, 0.05) is 30.7 Å². The van der Waals surface area contributed by atoms with Gasteiger partial charge in [-0.2, -0.15) is 4.98 Å². The number of nitrogens with zero attached hydrogens (tertiary/aromatic N) is 5. The van der Waals surface area contributed by atoms with Crippen LogP contribution < -0.4 is 10.2 Å². The number of pyridine rings is 1. The van der Waals surface area contributed by atoms with Crippen molar-refractivity contribution in [2.45, 2.75) is 38.8 Å². The Bertz CT molecular complexity index is 1220. The summed E-state index contributed by atoms with van der Waals surface area (Å²) in [4.78, 5) is 32.0. The number of rotatable bonds is 5. The van der Waals surface area contributed by atoms with Crippen LogP contribution in [-0.4, -0.2) is 44.9 Å². The minimum atomic E-state index is 0.113. The van der Waals surface area contributed by atoms with E-state index in [4.69, 9.17) is 4.42 Å². The highest BCUT2D eigenvalue weighted by molar-refractivity contribution is 5.90. The molecule has 0 radical (unpaired) electrons. The third-order valence-corrected chi connectivity index (χ3v) is 5.96. The molecule has 5 rings (SSSR count). The molecule has 1 aromatic carbocycles. The molecule has 8 nitrogen and oxygen atoms in total. The third-order valence-electron chi connectivity index (χ3n) is 5.96. The fourth-order valence-corrected chi connectivity index (χ4v) is 4.42. The number of hydrogen-bond acceptors (Lipinski definition) is 8. The summed E-state index contributed by atoms with van der Waals surface area (Å²) in [6.45, 7) is 4.93. The summed E-state index contributed by atoms with van der Waals surface area (Å²) in [5.74, 6) is 0.498. The van der Waals surface area contributed by atoms with Crippen LogP contribution >= 0.6 is 0 Å². The summed E-state index contributed by atoms with van der Waals surface area (Å²) in [5.41, 5.74) is 4.32. The Balaban J connectivity index is 1.50. The zero-order chi connectivity index (χ0) is 22.1. The van der Waals surface area contributed by atoms with Crippen LogP contribution in [0.15, 0.2) is 53.2 Å². The fraction of sp³-hybridized carbons (Fsp3) is 0.292. The van der Waals surface area contributed by atoms with Crippen molar-refractivity contribution in [1.29, 1.82) is 0 Å². The normalized spacial score (nSPS) is 18.6. The number of benzene rings is 1. The van der Waals surface area contributed by atoms with Gasteiger partial charge in [0.15, 0.2) is 17.7 Å². The quantitative estimate of drug-likeness (QED) is 0.471. The maximum absolute atomic E-state index is 11.9. The van der Waals surface area contributed by atoms with E-state index in [1.54, 1.807) is 18.5 Å². The van der Waals surface area contributed by atoms with Crippen molar-refractivity contribution < 1.29 is 9.21 Å². The number of aromatic nitrogens is 4. The Labute approximate surface area is 185 Å². The van der Waals surface area contributed by atoms with Crippen molar-refractivity contribution in [3.8, 4) is 11.4 Å². The second kappa shape index (κ2) is 8.37. The van der Waals surface area contributed by atoms with E-state index in [9.17, 15) is 4.79 Å². The number of piperidine rings is 1. The molecule has 1 aliphatic heterocycles. The molecule has 4 heterocycles. The molecule has 1 saturated heterocycles. The highest BCUT2D eigenvalue weighted by atomic mass is 16.4. The molecule has 0 aliphatic carbocycles. The van der Waals surface area contributed by atoms with Crippen molar-refractivity contribution >= 4 is 29.1 Å². The lowest BCUT2D eigenvalue weighted by Gasteiger charge is -2.41. The first kappa shape index (κ1) is 20.1. The molecule has 162 valence electrons. The van der Waals surface area contributed by atoms with Gasteiger partial charge in [-0.05, 0) is 51.0 Å². The molecular formula is C24H24N6O2. The number of fused-ring (bicyclic) bond motifs is 1. The van der Waals surface area contributed by atoms with Gasteiger partial charge >= 0.3 is 0 Å². The van der Waals surface area contributed by atoms with Crippen molar-refractivity contribution in [3.05, 3.63) is 60.2 Å². The van der Waals surface area contributed by atoms with Crippen LogP contribution in [-0.2, 0) is 0 Å². The van der Waals surface area contributed by atoms with E-state index in [-0.39, 0.29) is 12.1 Å². The average molecular weight is 428 g/mol. The predicted molar refractivity (Wildman–Crippen MR) is 123 cm³/mol. The van der Waals surface area contributed by atoms with E-state index in [2.05, 4.69) is 37.1 Å². The SMILES string of the molecule is Cc1cc(N2CCC[C@@H](Nc3nc4ccccc4o3)[C@@H]2C)c(-c2ncccn2)c(C=O)n1. The van der Waals surface area contributed by atoms with Gasteiger partial charge < -0.3 is 14.6 Å². The van der Waals surface area contributed by atoms with E-state index in [0.717, 1.165) is 48.2 Å². The van der Waals surface area contributed by atoms with Crippen molar-refractivity contribution in [1.82, 2.24) is 19.9 Å². The smallest absolute Gasteiger partial charge is 0.295 e. The highest BCUT2D eigenvalue weighted by Crippen LogP contribution is 2.36. The molecule has 0 unspecified atom stereocenters. The van der Waals surface area contributed by atoms with Gasteiger partial charge in [0.2, 0.25) is 0 Å². The monoisotopic (exact) mass is 428 g/mol. The highest BCUT2D eigenvalue weighted by Gasteiger charge is 2.32. The molecule has 2 atom stereocenters. The molecule has 32 heavy (non-hydrogen) atoms. The first-order chi connectivity index (χ1) is 15.6. The van der Waals surface area contributed by atoms with Gasteiger partial charge in [0.1, 0.15) is 11.2 Å². The summed E-state index contributed by atoms with van der Waals surface area (Å²) >= 11 is 0. The van der Waals surface area contributed by atoms with E-state index >= 15 is 0 Å². The molecule has 0 saturated carbocycles. The lowest BCUT2D eigenvalue weighted by molar-refractivity contribution is 0.111. The Kier molecular flexibility index (Phi) is 5.26. The number of carbonyl (C=O) groups excluding carboxylic acids is 1. The van der Waals surface area contributed by atoms with Gasteiger partial charge in [-0.3, -0.25) is 4.79 Å². The number of aryl methyl sites for hydroxylation is 1. The number of anilines is 2. The zero-order valence-corrected chi connectivity index (χ0v) is 18.0. The summed E-state index contributed by atoms with van der Waals surface area (Å²) in [7, 11) is 0. The number of para-hydroxylation sites is 2. The van der Waals surface area contributed by atoms with Gasteiger partial charge in [-0.15, -0.1) is 0 Å². The first-order valence-electron chi connectivity index (χ1n) is 10.8. The molecule has 1 fully saturated rings. The fourth-order valence-electron chi connectivity index (χ4n) is 4.42. The number of nitrogens with one attached hydrogen (secondary N) is 1. The Hall–Kier alpha value is -3.81. The van der Waals surface area contributed by atoms with Crippen LogP contribution in [0.2, 0.25) is 0 Å². The molecule has 0 bridgehead atoms. The lowest BCUT2D eigenvalue weighted by Crippen LogP contribution is -2.50. The Morgan fingerprint density at radius 1 is 1.16 bits per heavy atom. The molecule has 1 aliphatic rings. The minimum absolute atomic E-state index is 0.113. The maximum Gasteiger partial charge on any atom is 0.295 e. The van der Waals surface area contributed by atoms with Gasteiger partial charge in [0.25, 0.3) is 6.01 Å².